The van der Waals surface area contributed by atoms with Crippen LogP contribution in [0.1, 0.15) is 36.5 Å². The van der Waals surface area contributed by atoms with Gasteiger partial charge < -0.3 is 9.80 Å². The van der Waals surface area contributed by atoms with Crippen molar-refractivity contribution in [2.24, 2.45) is 5.92 Å². The molecule has 2 aliphatic heterocycles. The zero-order valence-electron chi connectivity index (χ0n) is 19.0. The standard InChI is InChI=1S/C25H31N3O3S/c1-17-5-4-6-23(19(17)3)26-11-13-27(14-12-26)32(30,31)22-9-10-24-21(16-22)15-18(2)28(24)25(29)20-7-8-20/h4-6,9-10,16,18,20H,7-8,11-15H2,1-3H3/t18-/m1/s1. The number of hydrogen-bond acceptors (Lipinski definition) is 4. The normalized spacial score (nSPS) is 21.7. The summed E-state index contributed by atoms with van der Waals surface area (Å²) in [4.78, 5) is 17.2. The summed E-state index contributed by atoms with van der Waals surface area (Å²) < 4.78 is 28.4. The highest BCUT2D eigenvalue weighted by molar-refractivity contribution is 7.89. The van der Waals surface area contributed by atoms with Crippen LogP contribution in [-0.2, 0) is 21.2 Å². The fourth-order valence-electron chi connectivity index (χ4n) is 5.03. The van der Waals surface area contributed by atoms with Crippen LogP contribution in [0.15, 0.2) is 41.3 Å². The smallest absolute Gasteiger partial charge is 0.243 e. The molecule has 0 bridgehead atoms. The van der Waals surface area contributed by atoms with Crippen LogP contribution in [-0.4, -0.2) is 50.9 Å². The number of sulfonamides is 1. The lowest BCUT2D eigenvalue weighted by molar-refractivity contribution is -0.120. The van der Waals surface area contributed by atoms with Crippen molar-refractivity contribution in [1.82, 2.24) is 4.31 Å². The average molecular weight is 454 g/mol. The molecule has 6 nitrogen and oxygen atoms in total. The number of carbonyl (C=O) groups is 1. The molecule has 1 saturated carbocycles. The van der Waals surface area contributed by atoms with Crippen molar-refractivity contribution in [1.29, 1.82) is 0 Å². The summed E-state index contributed by atoms with van der Waals surface area (Å²) in [6, 6.07) is 11.7. The number of fused-ring (bicyclic) bond motifs is 1. The topological polar surface area (TPSA) is 60.9 Å². The molecule has 1 atom stereocenters. The van der Waals surface area contributed by atoms with Gasteiger partial charge in [-0.15, -0.1) is 0 Å². The fourth-order valence-corrected chi connectivity index (χ4v) is 6.50. The Morgan fingerprint density at radius 3 is 2.38 bits per heavy atom. The molecule has 3 aliphatic rings. The van der Waals surface area contributed by atoms with Crippen molar-refractivity contribution in [2.75, 3.05) is 36.0 Å². The van der Waals surface area contributed by atoms with Crippen molar-refractivity contribution in [3.63, 3.8) is 0 Å². The average Bonchev–Trinajstić information content (AvgIpc) is 3.57. The van der Waals surface area contributed by atoms with Crippen LogP contribution in [0.3, 0.4) is 0 Å². The Bertz CT molecular complexity index is 1160. The minimum absolute atomic E-state index is 0.0807. The number of piperazine rings is 1. The molecule has 2 aromatic carbocycles. The van der Waals surface area contributed by atoms with Crippen LogP contribution in [0.25, 0.3) is 0 Å². The predicted molar refractivity (Wildman–Crippen MR) is 127 cm³/mol. The monoisotopic (exact) mass is 453 g/mol. The van der Waals surface area contributed by atoms with Gasteiger partial charge in [0.2, 0.25) is 15.9 Å². The zero-order chi connectivity index (χ0) is 22.6. The highest BCUT2D eigenvalue weighted by Gasteiger charge is 2.40. The number of aryl methyl sites for hydroxylation is 1. The van der Waals surface area contributed by atoms with Gasteiger partial charge in [-0.05, 0) is 81.0 Å². The zero-order valence-corrected chi connectivity index (χ0v) is 19.9. The van der Waals surface area contributed by atoms with Crippen LogP contribution in [0.4, 0.5) is 11.4 Å². The van der Waals surface area contributed by atoms with Crippen LogP contribution in [0.2, 0.25) is 0 Å². The van der Waals surface area contributed by atoms with E-state index in [1.165, 1.54) is 16.8 Å². The second kappa shape index (κ2) is 7.89. The van der Waals surface area contributed by atoms with Crippen molar-refractivity contribution >= 4 is 27.3 Å². The SMILES string of the molecule is Cc1cccc(N2CCN(S(=O)(=O)c3ccc4c(c3)C[C@@H](C)N4C(=O)C3CC3)CC2)c1C. The van der Waals surface area contributed by atoms with Gasteiger partial charge in [0.15, 0.2) is 0 Å². The first kappa shape index (κ1) is 21.5. The van der Waals surface area contributed by atoms with Crippen molar-refractivity contribution in [3.05, 3.63) is 53.1 Å². The molecular formula is C25H31N3O3S. The lowest BCUT2D eigenvalue weighted by Gasteiger charge is -2.36. The van der Waals surface area contributed by atoms with Crippen LogP contribution in [0, 0.1) is 19.8 Å². The Hall–Kier alpha value is -2.38. The van der Waals surface area contributed by atoms with Crippen LogP contribution in [0.5, 0.6) is 0 Å². The first-order valence-electron chi connectivity index (χ1n) is 11.5. The van der Waals surface area contributed by atoms with Gasteiger partial charge in [-0.25, -0.2) is 8.42 Å². The third kappa shape index (κ3) is 3.61. The molecule has 2 heterocycles. The van der Waals surface area contributed by atoms with Gasteiger partial charge in [0.1, 0.15) is 0 Å². The maximum Gasteiger partial charge on any atom is 0.243 e. The van der Waals surface area contributed by atoms with E-state index in [9.17, 15) is 13.2 Å². The molecule has 0 radical (unpaired) electrons. The van der Waals surface area contributed by atoms with Crippen molar-refractivity contribution in [2.45, 2.75) is 51.0 Å². The molecule has 1 saturated heterocycles. The third-order valence-electron chi connectivity index (χ3n) is 7.22. The maximum atomic E-state index is 13.4. The Labute approximate surface area is 190 Å². The molecule has 1 aliphatic carbocycles. The van der Waals surface area contributed by atoms with Crippen molar-refractivity contribution in [3.8, 4) is 0 Å². The molecule has 7 heteroatoms. The summed E-state index contributed by atoms with van der Waals surface area (Å²) in [6.07, 6.45) is 2.65. The largest absolute Gasteiger partial charge is 0.369 e. The van der Waals surface area contributed by atoms with E-state index in [-0.39, 0.29) is 17.9 Å². The third-order valence-corrected chi connectivity index (χ3v) is 9.12. The minimum Gasteiger partial charge on any atom is -0.369 e. The number of benzene rings is 2. The summed E-state index contributed by atoms with van der Waals surface area (Å²) in [5, 5.41) is 0. The summed E-state index contributed by atoms with van der Waals surface area (Å²) in [7, 11) is -3.56. The van der Waals surface area contributed by atoms with Gasteiger partial charge in [0, 0.05) is 49.5 Å². The van der Waals surface area contributed by atoms with E-state index in [2.05, 4.69) is 36.9 Å². The summed E-state index contributed by atoms with van der Waals surface area (Å²) >= 11 is 0. The lowest BCUT2D eigenvalue weighted by Crippen LogP contribution is -2.48. The highest BCUT2D eigenvalue weighted by Crippen LogP contribution is 2.40. The second-order valence-electron chi connectivity index (χ2n) is 9.44. The van der Waals surface area contributed by atoms with E-state index in [4.69, 9.17) is 0 Å². The van der Waals surface area contributed by atoms with Gasteiger partial charge in [0.25, 0.3) is 0 Å². The van der Waals surface area contributed by atoms with Gasteiger partial charge in [-0.1, -0.05) is 12.1 Å². The van der Waals surface area contributed by atoms with E-state index in [0.717, 1.165) is 24.1 Å². The second-order valence-corrected chi connectivity index (χ2v) is 11.4. The quantitative estimate of drug-likeness (QED) is 0.711. The Morgan fingerprint density at radius 1 is 0.969 bits per heavy atom. The molecule has 170 valence electrons. The van der Waals surface area contributed by atoms with Crippen molar-refractivity contribution < 1.29 is 13.2 Å². The molecular weight excluding hydrogens is 422 g/mol. The first-order chi connectivity index (χ1) is 15.3. The summed E-state index contributed by atoms with van der Waals surface area (Å²) in [6.45, 7) is 8.56. The number of hydrogen-bond donors (Lipinski definition) is 0. The Kier molecular flexibility index (Phi) is 5.29. The Morgan fingerprint density at radius 2 is 1.69 bits per heavy atom. The Balaban J connectivity index is 1.33. The number of anilines is 2. The number of carbonyl (C=O) groups excluding carboxylic acids is 1. The summed E-state index contributed by atoms with van der Waals surface area (Å²) in [5.41, 5.74) is 5.53. The molecule has 0 unspecified atom stereocenters. The minimum atomic E-state index is -3.56. The predicted octanol–water partition coefficient (Wildman–Crippen LogP) is 3.50. The van der Waals surface area contributed by atoms with Gasteiger partial charge >= 0.3 is 0 Å². The molecule has 0 aromatic heterocycles. The maximum absolute atomic E-state index is 13.4. The van der Waals surface area contributed by atoms with Gasteiger partial charge in [-0.2, -0.15) is 4.31 Å². The van der Waals surface area contributed by atoms with E-state index in [0.29, 0.717) is 37.5 Å². The molecule has 0 spiro atoms. The van der Waals surface area contributed by atoms with Gasteiger partial charge in [-0.3, -0.25) is 4.79 Å². The van der Waals surface area contributed by atoms with Crippen LogP contribution < -0.4 is 9.80 Å². The summed E-state index contributed by atoms with van der Waals surface area (Å²) in [5.74, 6) is 0.342. The van der Waals surface area contributed by atoms with Gasteiger partial charge in [0.05, 0.1) is 4.90 Å². The molecule has 32 heavy (non-hydrogen) atoms. The van der Waals surface area contributed by atoms with E-state index >= 15 is 0 Å². The number of amides is 1. The first-order valence-corrected chi connectivity index (χ1v) is 13.0. The van der Waals surface area contributed by atoms with E-state index < -0.39 is 10.0 Å². The number of rotatable bonds is 4. The molecule has 2 aromatic rings. The lowest BCUT2D eigenvalue weighted by atomic mass is 10.1. The fraction of sp³-hybridized carbons (Fsp3) is 0.480. The van der Waals surface area contributed by atoms with E-state index in [1.807, 2.05) is 17.9 Å². The molecule has 5 rings (SSSR count). The van der Waals surface area contributed by atoms with E-state index in [1.54, 1.807) is 16.4 Å². The number of nitrogens with zero attached hydrogens (tertiary/aromatic N) is 3. The molecule has 2 fully saturated rings. The van der Waals surface area contributed by atoms with Crippen LogP contribution >= 0.6 is 0 Å². The highest BCUT2D eigenvalue weighted by atomic mass is 32.2. The molecule has 1 amide bonds. The molecule has 0 N–H and O–H groups in total.